The van der Waals surface area contributed by atoms with E-state index in [4.69, 9.17) is 0 Å². The first kappa shape index (κ1) is 29.2. The van der Waals surface area contributed by atoms with E-state index in [1.54, 1.807) is 0 Å². The van der Waals surface area contributed by atoms with Crippen LogP contribution in [-0.4, -0.2) is 0 Å². The van der Waals surface area contributed by atoms with Gasteiger partial charge in [-0.05, 0) is 112 Å². The molecule has 8 aromatic carbocycles. The minimum absolute atomic E-state index is 0.0950. The van der Waals surface area contributed by atoms with Crippen molar-refractivity contribution in [3.63, 3.8) is 0 Å². The molecule has 0 aromatic heterocycles. The average molecular weight is 639 g/mol. The van der Waals surface area contributed by atoms with Crippen molar-refractivity contribution in [1.29, 1.82) is 0 Å². The van der Waals surface area contributed by atoms with E-state index >= 15 is 0 Å². The molecule has 8 aromatic rings. The summed E-state index contributed by atoms with van der Waals surface area (Å²) in [5, 5.41) is 5.13. The van der Waals surface area contributed by atoms with Crippen LogP contribution in [0, 0.1) is 0 Å². The maximum Gasteiger partial charge on any atom is 0.0165 e. The molecule has 0 saturated carbocycles. The van der Waals surface area contributed by atoms with Crippen LogP contribution in [0.15, 0.2) is 158 Å². The van der Waals surface area contributed by atoms with Crippen molar-refractivity contribution in [2.24, 2.45) is 0 Å². The molecule has 0 bridgehead atoms. The highest BCUT2D eigenvalue weighted by molar-refractivity contribution is 6.21. The fraction of sp³-hybridized carbons (Fsp3) is 0.120. The molecule has 0 heterocycles. The summed E-state index contributed by atoms with van der Waals surface area (Å²) in [4.78, 5) is 0. The van der Waals surface area contributed by atoms with Crippen molar-refractivity contribution in [2.45, 2.75) is 38.5 Å². The van der Waals surface area contributed by atoms with Gasteiger partial charge >= 0.3 is 0 Å². The van der Waals surface area contributed by atoms with Gasteiger partial charge in [0.25, 0.3) is 0 Å². The van der Waals surface area contributed by atoms with Crippen molar-refractivity contribution in [2.75, 3.05) is 0 Å². The molecular weight excluding hydrogens is 601 g/mol. The van der Waals surface area contributed by atoms with Gasteiger partial charge in [0.1, 0.15) is 0 Å². The summed E-state index contributed by atoms with van der Waals surface area (Å²) in [6.07, 6.45) is 0. The summed E-state index contributed by atoms with van der Waals surface area (Å²) in [7, 11) is 0. The lowest BCUT2D eigenvalue weighted by Gasteiger charge is -2.29. The summed E-state index contributed by atoms with van der Waals surface area (Å²) < 4.78 is 0. The van der Waals surface area contributed by atoms with Crippen molar-refractivity contribution in [3.05, 3.63) is 180 Å². The van der Waals surface area contributed by atoms with Crippen LogP contribution in [0.5, 0.6) is 0 Å². The van der Waals surface area contributed by atoms with Gasteiger partial charge in [-0.25, -0.2) is 0 Å². The second-order valence-corrected chi connectivity index (χ2v) is 15.2. The lowest BCUT2D eigenvalue weighted by Crippen LogP contribution is -2.19. The third-order valence-corrected chi connectivity index (χ3v) is 11.8. The fourth-order valence-electron chi connectivity index (χ4n) is 9.67. The maximum absolute atomic E-state index is 2.53. The van der Waals surface area contributed by atoms with Crippen LogP contribution in [-0.2, 0) is 10.8 Å². The second-order valence-electron chi connectivity index (χ2n) is 15.2. The molecule has 0 aliphatic heterocycles. The molecule has 0 spiro atoms. The van der Waals surface area contributed by atoms with Crippen molar-refractivity contribution in [1.82, 2.24) is 0 Å². The Balaban J connectivity index is 1.28. The highest BCUT2D eigenvalue weighted by Crippen LogP contribution is 2.61. The van der Waals surface area contributed by atoms with Gasteiger partial charge in [0.15, 0.2) is 0 Å². The molecule has 0 unspecified atom stereocenters. The van der Waals surface area contributed by atoms with E-state index in [2.05, 4.69) is 185 Å². The monoisotopic (exact) mass is 638 g/mol. The van der Waals surface area contributed by atoms with E-state index in [1.807, 2.05) is 0 Å². The second kappa shape index (κ2) is 10.4. The average Bonchev–Trinajstić information content (AvgIpc) is 3.53. The molecule has 0 nitrogen and oxygen atoms in total. The summed E-state index contributed by atoms with van der Waals surface area (Å²) >= 11 is 0. The number of rotatable bonds is 3. The molecule has 0 N–H and O–H groups in total. The van der Waals surface area contributed by atoms with Gasteiger partial charge in [-0.2, -0.15) is 0 Å². The summed E-state index contributed by atoms with van der Waals surface area (Å²) in [5.74, 6) is 0. The highest BCUT2D eigenvalue weighted by Gasteiger charge is 2.46. The van der Waals surface area contributed by atoms with Gasteiger partial charge < -0.3 is 0 Å². The van der Waals surface area contributed by atoms with Crippen LogP contribution >= 0.6 is 0 Å². The Morgan fingerprint density at radius 1 is 0.300 bits per heavy atom. The minimum Gasteiger partial charge on any atom is -0.0622 e. The van der Waals surface area contributed by atoms with Crippen LogP contribution in [0.1, 0.15) is 49.9 Å². The van der Waals surface area contributed by atoms with Gasteiger partial charge in [-0.1, -0.05) is 173 Å². The summed E-state index contributed by atoms with van der Waals surface area (Å²) in [6, 6.07) is 58.9. The van der Waals surface area contributed by atoms with Gasteiger partial charge in [-0.15, -0.1) is 0 Å². The van der Waals surface area contributed by atoms with E-state index < -0.39 is 0 Å². The van der Waals surface area contributed by atoms with E-state index in [1.165, 1.54) is 99.4 Å². The van der Waals surface area contributed by atoms with Gasteiger partial charge in [-0.3, -0.25) is 0 Å². The van der Waals surface area contributed by atoms with Gasteiger partial charge in [0.05, 0.1) is 0 Å². The molecule has 238 valence electrons. The SMILES string of the molecule is CC1(C)c2ccccc2-c2c1c(-c1cccc(-c3c4ccccc4c(-c4ccccc4)c4ccccc34)c1)cc1c2C(C)(C)c2ccccc2-1. The predicted molar refractivity (Wildman–Crippen MR) is 213 cm³/mol. The first-order valence-electron chi connectivity index (χ1n) is 17.9. The Morgan fingerprint density at radius 3 is 1.36 bits per heavy atom. The van der Waals surface area contributed by atoms with E-state index in [-0.39, 0.29) is 10.8 Å². The molecule has 2 aliphatic rings. The Kier molecular flexibility index (Phi) is 6.07. The fourth-order valence-corrected chi connectivity index (χ4v) is 9.67. The van der Waals surface area contributed by atoms with Crippen molar-refractivity contribution in [3.8, 4) is 55.6 Å². The first-order chi connectivity index (χ1) is 24.4. The molecule has 10 rings (SSSR count). The Labute approximate surface area is 294 Å². The minimum atomic E-state index is -0.145. The number of fused-ring (bicyclic) bond motifs is 9. The number of hydrogen-bond acceptors (Lipinski definition) is 0. The quantitative estimate of drug-likeness (QED) is 0.169. The molecule has 50 heavy (non-hydrogen) atoms. The summed E-state index contributed by atoms with van der Waals surface area (Å²) in [5.41, 5.74) is 18.8. The largest absolute Gasteiger partial charge is 0.0622 e. The van der Waals surface area contributed by atoms with Crippen LogP contribution in [0.3, 0.4) is 0 Å². The number of hydrogen-bond donors (Lipinski definition) is 0. The molecular formula is C50H38. The topological polar surface area (TPSA) is 0 Å². The molecule has 0 radical (unpaired) electrons. The van der Waals surface area contributed by atoms with Gasteiger partial charge in [0.2, 0.25) is 0 Å². The highest BCUT2D eigenvalue weighted by atomic mass is 14.5. The summed E-state index contributed by atoms with van der Waals surface area (Å²) in [6.45, 7) is 9.69. The molecule has 0 atom stereocenters. The zero-order valence-corrected chi connectivity index (χ0v) is 29.0. The molecule has 0 fully saturated rings. The van der Waals surface area contributed by atoms with Crippen LogP contribution in [0.4, 0.5) is 0 Å². The Morgan fingerprint density at radius 2 is 0.740 bits per heavy atom. The lowest BCUT2D eigenvalue weighted by molar-refractivity contribution is 0.648. The van der Waals surface area contributed by atoms with E-state index in [9.17, 15) is 0 Å². The lowest BCUT2D eigenvalue weighted by atomic mass is 9.74. The molecule has 0 heteroatoms. The molecule has 0 saturated heterocycles. The zero-order valence-electron chi connectivity index (χ0n) is 29.0. The maximum atomic E-state index is 2.53. The third-order valence-electron chi connectivity index (χ3n) is 11.8. The molecule has 2 aliphatic carbocycles. The zero-order chi connectivity index (χ0) is 33.8. The normalized spacial score (nSPS) is 14.7. The van der Waals surface area contributed by atoms with Crippen LogP contribution < -0.4 is 0 Å². The number of benzene rings is 8. The van der Waals surface area contributed by atoms with Crippen LogP contribution in [0.25, 0.3) is 77.2 Å². The van der Waals surface area contributed by atoms with Crippen molar-refractivity contribution >= 4 is 21.5 Å². The van der Waals surface area contributed by atoms with E-state index in [0.29, 0.717) is 0 Å². The van der Waals surface area contributed by atoms with E-state index in [0.717, 1.165) is 0 Å². The van der Waals surface area contributed by atoms with Gasteiger partial charge in [0, 0.05) is 10.8 Å². The Bertz CT molecular complexity index is 2630. The third kappa shape index (κ3) is 3.88. The smallest absolute Gasteiger partial charge is 0.0165 e. The standard InChI is InChI=1S/C50H38/c1-49(2)42-27-14-12-21-34(42)41-30-40(47-46(48(41)49)39-26-13-15-28-43(39)50(47,3)4)32-19-16-20-33(29-32)45-37-24-10-8-22-35(37)44(31-17-6-5-7-18-31)36-23-9-11-25-38(36)45/h5-30H,1-4H3. The van der Waals surface area contributed by atoms with Crippen molar-refractivity contribution < 1.29 is 0 Å². The predicted octanol–water partition coefficient (Wildman–Crippen LogP) is 13.6. The van der Waals surface area contributed by atoms with Crippen LogP contribution in [0.2, 0.25) is 0 Å². The first-order valence-corrected chi connectivity index (χ1v) is 17.9. The molecule has 0 amide bonds. The Hall–Kier alpha value is -5.72.